The molecule has 0 spiro atoms. The van der Waals surface area contributed by atoms with Gasteiger partial charge in [0.15, 0.2) is 0 Å². The van der Waals surface area contributed by atoms with E-state index < -0.39 is 0 Å². The monoisotopic (exact) mass is 349 g/mol. The van der Waals surface area contributed by atoms with Crippen molar-refractivity contribution in [2.24, 2.45) is 5.92 Å². The summed E-state index contributed by atoms with van der Waals surface area (Å²) in [5.74, 6) is 0.699. The first-order chi connectivity index (χ1) is 11.5. The molecule has 0 atom stereocenters. The molecule has 1 fully saturated rings. The molecule has 0 unspecified atom stereocenters. The maximum atomic E-state index is 12.7. The number of thioether (sulfide) groups is 1. The number of carbonyl (C=O) groups excluding carboxylic acids is 2. The zero-order valence-electron chi connectivity index (χ0n) is 14.7. The lowest BCUT2D eigenvalue weighted by atomic mass is 9.93. The van der Waals surface area contributed by atoms with Gasteiger partial charge in [-0.05, 0) is 63.2 Å². The first kappa shape index (κ1) is 18.8. The number of benzene rings is 1. The molecule has 0 radical (unpaired) electrons. The van der Waals surface area contributed by atoms with Gasteiger partial charge < -0.3 is 15.5 Å². The number of likely N-dealkylation sites (tertiary alicyclic amines) is 1. The molecule has 6 heteroatoms. The first-order valence-corrected chi connectivity index (χ1v) is 9.67. The van der Waals surface area contributed by atoms with E-state index >= 15 is 0 Å². The summed E-state index contributed by atoms with van der Waals surface area (Å²) in [6, 6.07) is 5.51. The van der Waals surface area contributed by atoms with E-state index in [-0.39, 0.29) is 11.8 Å². The summed E-state index contributed by atoms with van der Waals surface area (Å²) >= 11 is 1.53. The highest BCUT2D eigenvalue weighted by Crippen LogP contribution is 2.28. The summed E-state index contributed by atoms with van der Waals surface area (Å²) in [4.78, 5) is 26.9. The molecule has 1 aromatic carbocycles. The Morgan fingerprint density at radius 3 is 2.58 bits per heavy atom. The van der Waals surface area contributed by atoms with Gasteiger partial charge in [0.1, 0.15) is 0 Å². The topological polar surface area (TPSA) is 61.4 Å². The fraction of sp³-hybridized carbons (Fsp3) is 0.556. The van der Waals surface area contributed by atoms with Gasteiger partial charge in [0.05, 0.1) is 5.69 Å². The molecule has 1 aromatic rings. The van der Waals surface area contributed by atoms with Crippen molar-refractivity contribution >= 4 is 29.3 Å². The summed E-state index contributed by atoms with van der Waals surface area (Å²) in [5, 5.41) is 6.00. The lowest BCUT2D eigenvalue weighted by Crippen LogP contribution is -2.39. The molecular formula is C18H27N3O2S. The van der Waals surface area contributed by atoms with Crippen molar-refractivity contribution in [1.29, 1.82) is 0 Å². The van der Waals surface area contributed by atoms with Crippen LogP contribution in [0, 0.1) is 5.92 Å². The molecule has 2 amide bonds. The molecule has 2 rings (SSSR count). The minimum atomic E-state index is -0.104. The van der Waals surface area contributed by atoms with Crippen LogP contribution in [0.4, 0.5) is 5.69 Å². The number of carbonyl (C=O) groups is 2. The number of hydrogen-bond donors (Lipinski definition) is 2. The van der Waals surface area contributed by atoms with Gasteiger partial charge >= 0.3 is 0 Å². The molecule has 0 bridgehead atoms. The van der Waals surface area contributed by atoms with Gasteiger partial charge in [0.2, 0.25) is 5.91 Å². The van der Waals surface area contributed by atoms with Crippen molar-refractivity contribution in [3.8, 4) is 0 Å². The van der Waals surface area contributed by atoms with E-state index in [0.717, 1.165) is 43.1 Å². The zero-order valence-corrected chi connectivity index (χ0v) is 15.5. The summed E-state index contributed by atoms with van der Waals surface area (Å²) < 4.78 is 0. The number of nitrogens with one attached hydrogen (secondary N) is 2. The predicted octanol–water partition coefficient (Wildman–Crippen LogP) is 2.83. The Morgan fingerprint density at radius 2 is 2.00 bits per heavy atom. The van der Waals surface area contributed by atoms with Crippen molar-refractivity contribution in [2.45, 2.75) is 31.1 Å². The van der Waals surface area contributed by atoms with Crippen LogP contribution in [0.1, 0.15) is 36.5 Å². The Hall–Kier alpha value is -1.53. The molecule has 1 aliphatic heterocycles. The summed E-state index contributed by atoms with van der Waals surface area (Å²) in [6.07, 6.45) is 5.28. The van der Waals surface area contributed by atoms with Crippen molar-refractivity contribution < 1.29 is 9.59 Å². The van der Waals surface area contributed by atoms with Crippen LogP contribution in [0.5, 0.6) is 0 Å². The lowest BCUT2D eigenvalue weighted by Gasteiger charge is -2.32. The van der Waals surface area contributed by atoms with Crippen molar-refractivity contribution in [3.05, 3.63) is 23.8 Å². The van der Waals surface area contributed by atoms with Gasteiger partial charge in [0.25, 0.3) is 5.91 Å². The highest BCUT2D eigenvalue weighted by Gasteiger charge is 2.23. The van der Waals surface area contributed by atoms with E-state index in [1.807, 2.05) is 30.3 Å². The Labute approximate surface area is 148 Å². The highest BCUT2D eigenvalue weighted by molar-refractivity contribution is 7.98. The SMILES string of the molecule is CNCCC1CCN(C(=O)c2ccc(NC(C)=O)c(SC)c2)CC1. The van der Waals surface area contributed by atoms with Gasteiger partial charge in [-0.3, -0.25) is 9.59 Å². The van der Waals surface area contributed by atoms with Gasteiger partial charge in [-0.2, -0.15) is 0 Å². The van der Waals surface area contributed by atoms with Gasteiger partial charge in [-0.15, -0.1) is 11.8 Å². The smallest absolute Gasteiger partial charge is 0.253 e. The van der Waals surface area contributed by atoms with Crippen LogP contribution in [0.15, 0.2) is 23.1 Å². The van der Waals surface area contributed by atoms with Crippen LogP contribution in [0.2, 0.25) is 0 Å². The molecule has 24 heavy (non-hydrogen) atoms. The fourth-order valence-electron chi connectivity index (χ4n) is 3.07. The highest BCUT2D eigenvalue weighted by atomic mass is 32.2. The van der Waals surface area contributed by atoms with Crippen LogP contribution in [-0.4, -0.2) is 49.7 Å². The van der Waals surface area contributed by atoms with Crippen molar-refractivity contribution in [1.82, 2.24) is 10.2 Å². The van der Waals surface area contributed by atoms with Crippen molar-refractivity contribution in [3.63, 3.8) is 0 Å². The number of nitrogens with zero attached hydrogens (tertiary/aromatic N) is 1. The van der Waals surface area contributed by atoms with Crippen LogP contribution in [0.3, 0.4) is 0 Å². The fourth-order valence-corrected chi connectivity index (χ4v) is 3.66. The summed E-state index contributed by atoms with van der Waals surface area (Å²) in [7, 11) is 1.98. The maximum absolute atomic E-state index is 12.7. The minimum Gasteiger partial charge on any atom is -0.339 e. The van der Waals surface area contributed by atoms with E-state index in [1.54, 1.807) is 6.07 Å². The van der Waals surface area contributed by atoms with Gasteiger partial charge in [0, 0.05) is 30.5 Å². The molecular weight excluding hydrogens is 322 g/mol. The molecule has 1 heterocycles. The third-order valence-corrected chi connectivity index (χ3v) is 5.24. The third-order valence-electron chi connectivity index (χ3n) is 4.46. The van der Waals surface area contributed by atoms with E-state index in [4.69, 9.17) is 0 Å². The van der Waals surface area contributed by atoms with Crippen LogP contribution >= 0.6 is 11.8 Å². The van der Waals surface area contributed by atoms with E-state index in [9.17, 15) is 9.59 Å². The summed E-state index contributed by atoms with van der Waals surface area (Å²) in [5.41, 5.74) is 1.46. The van der Waals surface area contributed by atoms with Gasteiger partial charge in [-0.25, -0.2) is 0 Å². The second-order valence-electron chi connectivity index (χ2n) is 6.22. The molecule has 2 N–H and O–H groups in total. The van der Waals surface area contributed by atoms with E-state index in [0.29, 0.717) is 11.5 Å². The Balaban J connectivity index is 2.01. The van der Waals surface area contributed by atoms with Crippen LogP contribution in [0.25, 0.3) is 0 Å². The number of amides is 2. The molecule has 0 aliphatic carbocycles. The number of piperidine rings is 1. The molecule has 132 valence electrons. The maximum Gasteiger partial charge on any atom is 0.253 e. The Morgan fingerprint density at radius 1 is 1.29 bits per heavy atom. The number of anilines is 1. The zero-order chi connectivity index (χ0) is 17.5. The van der Waals surface area contributed by atoms with E-state index in [2.05, 4.69) is 10.6 Å². The first-order valence-electron chi connectivity index (χ1n) is 8.44. The molecule has 0 saturated carbocycles. The number of rotatable bonds is 6. The second-order valence-corrected chi connectivity index (χ2v) is 7.07. The average Bonchev–Trinajstić information content (AvgIpc) is 2.59. The minimum absolute atomic E-state index is 0.0896. The Kier molecular flexibility index (Phi) is 7.12. The molecule has 1 saturated heterocycles. The molecule has 0 aromatic heterocycles. The summed E-state index contributed by atoms with van der Waals surface area (Å²) in [6.45, 7) is 4.19. The van der Waals surface area contributed by atoms with E-state index in [1.165, 1.54) is 25.1 Å². The van der Waals surface area contributed by atoms with Crippen LogP contribution in [-0.2, 0) is 4.79 Å². The Bertz CT molecular complexity index is 584. The predicted molar refractivity (Wildman–Crippen MR) is 99.7 cm³/mol. The third kappa shape index (κ3) is 4.98. The van der Waals surface area contributed by atoms with Gasteiger partial charge in [-0.1, -0.05) is 0 Å². The average molecular weight is 350 g/mol. The lowest BCUT2D eigenvalue weighted by molar-refractivity contribution is -0.114. The van der Waals surface area contributed by atoms with Crippen molar-refractivity contribution in [2.75, 3.05) is 38.3 Å². The largest absolute Gasteiger partial charge is 0.339 e. The second kappa shape index (κ2) is 9.08. The van der Waals surface area contributed by atoms with Crippen LogP contribution < -0.4 is 10.6 Å². The quantitative estimate of drug-likeness (QED) is 0.775. The molecule has 5 nitrogen and oxygen atoms in total. The normalized spacial score (nSPS) is 15.4. The molecule has 1 aliphatic rings. The number of hydrogen-bond acceptors (Lipinski definition) is 4. The standard InChI is InChI=1S/C18H27N3O2S/c1-13(22)20-16-5-4-15(12-17(16)24-3)18(23)21-10-7-14(8-11-21)6-9-19-2/h4-5,12,14,19H,6-11H2,1-3H3,(H,20,22).